The zero-order valence-corrected chi connectivity index (χ0v) is 16.5. The molecule has 0 spiro atoms. The third kappa shape index (κ3) is 4.29. The summed E-state index contributed by atoms with van der Waals surface area (Å²) in [5, 5.41) is 14.0. The van der Waals surface area contributed by atoms with Crippen molar-refractivity contribution in [3.8, 4) is 6.07 Å². The lowest BCUT2D eigenvalue weighted by Crippen LogP contribution is -2.16. The minimum atomic E-state index is -0.0984. The maximum atomic E-state index is 12.5. The number of thioether (sulfide) groups is 1. The maximum absolute atomic E-state index is 12.5. The number of hydrogen-bond acceptors (Lipinski definition) is 4. The summed E-state index contributed by atoms with van der Waals surface area (Å²) in [4.78, 5) is 17.0. The minimum absolute atomic E-state index is 0.0984. The molecule has 1 N–H and O–H groups in total. The SMILES string of the molecule is CCc1cccc(C)c1NC(=O)CSc1nc2ccc(C)cc2cc1C#N. The summed E-state index contributed by atoms with van der Waals surface area (Å²) in [6, 6.07) is 16.0. The zero-order chi connectivity index (χ0) is 19.4. The number of amides is 1. The number of nitrogens with one attached hydrogen (secondary N) is 1. The second kappa shape index (κ2) is 8.24. The Hall–Kier alpha value is -2.84. The smallest absolute Gasteiger partial charge is 0.234 e. The van der Waals surface area contributed by atoms with E-state index >= 15 is 0 Å². The summed E-state index contributed by atoms with van der Waals surface area (Å²) in [6.45, 7) is 6.07. The van der Waals surface area contributed by atoms with Gasteiger partial charge in [-0.3, -0.25) is 4.79 Å². The summed E-state index contributed by atoms with van der Waals surface area (Å²) in [5.74, 6) is 0.106. The Balaban J connectivity index is 1.78. The number of nitriles is 1. The van der Waals surface area contributed by atoms with Gasteiger partial charge in [0.1, 0.15) is 11.1 Å². The summed E-state index contributed by atoms with van der Waals surface area (Å²) in [5.41, 5.74) is 5.49. The second-order valence-corrected chi connectivity index (χ2v) is 7.41. The zero-order valence-electron chi connectivity index (χ0n) is 15.7. The first kappa shape index (κ1) is 18.9. The van der Waals surface area contributed by atoms with E-state index in [1.54, 1.807) is 0 Å². The summed E-state index contributed by atoms with van der Waals surface area (Å²) >= 11 is 1.29. The number of rotatable bonds is 5. The van der Waals surface area contributed by atoms with E-state index in [0.717, 1.165) is 39.7 Å². The molecule has 0 saturated carbocycles. The largest absolute Gasteiger partial charge is 0.325 e. The van der Waals surface area contributed by atoms with Crippen molar-refractivity contribution in [3.63, 3.8) is 0 Å². The fourth-order valence-electron chi connectivity index (χ4n) is 2.98. The predicted molar refractivity (Wildman–Crippen MR) is 111 cm³/mol. The summed E-state index contributed by atoms with van der Waals surface area (Å²) < 4.78 is 0. The molecule has 0 aliphatic rings. The van der Waals surface area contributed by atoms with E-state index in [1.807, 2.05) is 56.3 Å². The number of anilines is 1. The number of carbonyl (C=O) groups is 1. The molecule has 136 valence electrons. The fourth-order valence-corrected chi connectivity index (χ4v) is 3.74. The lowest BCUT2D eigenvalue weighted by atomic mass is 10.1. The molecule has 0 bridgehead atoms. The van der Waals surface area contributed by atoms with Crippen LogP contribution < -0.4 is 5.32 Å². The van der Waals surface area contributed by atoms with Gasteiger partial charge in [0.2, 0.25) is 5.91 Å². The van der Waals surface area contributed by atoms with Crippen LogP contribution in [0.3, 0.4) is 0 Å². The molecule has 5 heteroatoms. The van der Waals surface area contributed by atoms with E-state index < -0.39 is 0 Å². The predicted octanol–water partition coefficient (Wildman–Crippen LogP) is 5.02. The quantitative estimate of drug-likeness (QED) is 0.636. The van der Waals surface area contributed by atoms with E-state index in [2.05, 4.69) is 23.3 Å². The van der Waals surface area contributed by atoms with Gasteiger partial charge in [0, 0.05) is 11.1 Å². The Morgan fingerprint density at radius 2 is 2.04 bits per heavy atom. The highest BCUT2D eigenvalue weighted by Gasteiger charge is 2.12. The van der Waals surface area contributed by atoms with E-state index in [-0.39, 0.29) is 11.7 Å². The number of hydrogen-bond donors (Lipinski definition) is 1. The van der Waals surface area contributed by atoms with Gasteiger partial charge in [0.15, 0.2) is 0 Å². The van der Waals surface area contributed by atoms with Crippen LogP contribution in [0.5, 0.6) is 0 Å². The monoisotopic (exact) mass is 375 g/mol. The van der Waals surface area contributed by atoms with Crippen molar-refractivity contribution in [2.45, 2.75) is 32.2 Å². The minimum Gasteiger partial charge on any atom is -0.325 e. The highest BCUT2D eigenvalue weighted by molar-refractivity contribution is 8.00. The molecule has 3 rings (SSSR count). The Bertz CT molecular complexity index is 1050. The average molecular weight is 375 g/mol. The lowest BCUT2D eigenvalue weighted by molar-refractivity contribution is -0.113. The molecule has 0 aliphatic carbocycles. The number of benzene rings is 2. The van der Waals surface area contributed by atoms with Crippen molar-refractivity contribution < 1.29 is 4.79 Å². The molecule has 0 atom stereocenters. The van der Waals surface area contributed by atoms with Crippen LogP contribution in [-0.2, 0) is 11.2 Å². The molecule has 0 unspecified atom stereocenters. The van der Waals surface area contributed by atoms with Crippen molar-refractivity contribution in [1.29, 1.82) is 5.26 Å². The number of para-hydroxylation sites is 1. The first-order valence-corrected chi connectivity index (χ1v) is 9.83. The van der Waals surface area contributed by atoms with Crippen LogP contribution in [0.1, 0.15) is 29.2 Å². The molecule has 1 amide bonds. The number of nitrogens with zero attached hydrogens (tertiary/aromatic N) is 2. The summed E-state index contributed by atoms with van der Waals surface area (Å²) in [6.07, 6.45) is 0.856. The van der Waals surface area contributed by atoms with Gasteiger partial charge >= 0.3 is 0 Å². The van der Waals surface area contributed by atoms with E-state index in [4.69, 9.17) is 0 Å². The van der Waals surface area contributed by atoms with Crippen LogP contribution in [0, 0.1) is 25.2 Å². The first-order chi connectivity index (χ1) is 13.0. The Morgan fingerprint density at radius 3 is 2.78 bits per heavy atom. The van der Waals surface area contributed by atoms with Crippen LogP contribution in [0.4, 0.5) is 5.69 Å². The number of fused-ring (bicyclic) bond motifs is 1. The highest BCUT2D eigenvalue weighted by Crippen LogP contribution is 2.26. The molecule has 0 aliphatic heterocycles. The van der Waals surface area contributed by atoms with Gasteiger partial charge in [-0.15, -0.1) is 0 Å². The third-order valence-corrected chi connectivity index (χ3v) is 5.39. The fraction of sp³-hybridized carbons (Fsp3) is 0.227. The van der Waals surface area contributed by atoms with Crippen LogP contribution >= 0.6 is 11.8 Å². The number of aromatic nitrogens is 1. The molecule has 3 aromatic rings. The van der Waals surface area contributed by atoms with Gasteiger partial charge in [0.25, 0.3) is 0 Å². The van der Waals surface area contributed by atoms with Crippen LogP contribution in [0.15, 0.2) is 47.5 Å². The molecule has 0 fully saturated rings. The van der Waals surface area contributed by atoms with Crippen LogP contribution in [0.2, 0.25) is 0 Å². The number of aryl methyl sites for hydroxylation is 3. The van der Waals surface area contributed by atoms with Crippen LogP contribution in [-0.4, -0.2) is 16.6 Å². The van der Waals surface area contributed by atoms with E-state index in [9.17, 15) is 10.1 Å². The molecule has 1 aromatic heterocycles. The molecule has 0 saturated heterocycles. The molecule has 2 aromatic carbocycles. The highest BCUT2D eigenvalue weighted by atomic mass is 32.2. The van der Waals surface area contributed by atoms with Crippen molar-refractivity contribution >= 4 is 34.3 Å². The lowest BCUT2D eigenvalue weighted by Gasteiger charge is -2.13. The van der Waals surface area contributed by atoms with E-state index in [1.165, 1.54) is 11.8 Å². The van der Waals surface area contributed by atoms with Crippen LogP contribution in [0.25, 0.3) is 10.9 Å². The Labute approximate surface area is 163 Å². The molecule has 0 radical (unpaired) electrons. The maximum Gasteiger partial charge on any atom is 0.234 e. The van der Waals surface area contributed by atoms with Gasteiger partial charge in [-0.05, 0) is 49.6 Å². The van der Waals surface area contributed by atoms with Gasteiger partial charge in [-0.25, -0.2) is 4.98 Å². The van der Waals surface area contributed by atoms with Crippen molar-refractivity contribution in [3.05, 3.63) is 64.7 Å². The van der Waals surface area contributed by atoms with Gasteiger partial charge < -0.3 is 5.32 Å². The van der Waals surface area contributed by atoms with Gasteiger partial charge in [-0.1, -0.05) is 48.5 Å². The average Bonchev–Trinajstić information content (AvgIpc) is 2.67. The standard InChI is InChI=1S/C22H21N3OS/c1-4-16-7-5-6-15(3)21(16)25-20(26)13-27-22-18(12-23)11-17-10-14(2)8-9-19(17)24-22/h5-11H,4,13H2,1-3H3,(H,25,26). The van der Waals surface area contributed by atoms with Crippen molar-refractivity contribution in [2.24, 2.45) is 0 Å². The molecule has 1 heterocycles. The van der Waals surface area contributed by atoms with Gasteiger partial charge in [-0.2, -0.15) is 5.26 Å². The first-order valence-electron chi connectivity index (χ1n) is 8.84. The molecular formula is C22H21N3OS. The van der Waals surface area contributed by atoms with Gasteiger partial charge in [0.05, 0.1) is 16.8 Å². The Kier molecular flexibility index (Phi) is 5.78. The molecule has 27 heavy (non-hydrogen) atoms. The molecule has 4 nitrogen and oxygen atoms in total. The molecular weight excluding hydrogens is 354 g/mol. The van der Waals surface area contributed by atoms with Crippen molar-refractivity contribution in [2.75, 3.05) is 11.1 Å². The second-order valence-electron chi connectivity index (χ2n) is 6.45. The Morgan fingerprint density at radius 1 is 1.22 bits per heavy atom. The topological polar surface area (TPSA) is 65.8 Å². The van der Waals surface area contributed by atoms with Crippen molar-refractivity contribution in [1.82, 2.24) is 4.98 Å². The number of pyridine rings is 1. The summed E-state index contributed by atoms with van der Waals surface area (Å²) in [7, 11) is 0. The third-order valence-electron chi connectivity index (χ3n) is 4.40. The van der Waals surface area contributed by atoms with E-state index in [0.29, 0.717) is 10.6 Å². The number of carbonyl (C=O) groups excluding carboxylic acids is 1. The normalized spacial score (nSPS) is 10.6.